The molecule has 0 aliphatic carbocycles. The Morgan fingerprint density at radius 3 is 1.86 bits per heavy atom. The van der Waals surface area contributed by atoms with Gasteiger partial charge in [-0.3, -0.25) is 4.79 Å². The number of hydrogen-bond donors (Lipinski definition) is 1. The molecule has 0 fully saturated rings. The van der Waals surface area contributed by atoms with Crippen LogP contribution < -0.4 is 5.73 Å². The van der Waals surface area contributed by atoms with Crippen molar-refractivity contribution in [2.75, 3.05) is 0 Å². The first-order valence-corrected chi connectivity index (χ1v) is 2.69. The Morgan fingerprint density at radius 2 is 1.86 bits per heavy atom. The van der Waals surface area contributed by atoms with Crippen molar-refractivity contribution in [1.82, 2.24) is 0 Å². The van der Waals surface area contributed by atoms with Crippen LogP contribution in [0.5, 0.6) is 0 Å². The van der Waals surface area contributed by atoms with Crippen LogP contribution in [0.25, 0.3) is 0 Å². The zero-order valence-corrected chi connectivity index (χ0v) is 6.85. The van der Waals surface area contributed by atoms with E-state index in [1.54, 1.807) is 0 Å². The number of amides is 1. The van der Waals surface area contributed by atoms with Crippen LogP contribution in [-0.2, 0) is 26.6 Å². The average Bonchev–Trinajstić information content (AvgIpc) is 1.73. The van der Waals surface area contributed by atoms with Gasteiger partial charge in [0.1, 0.15) is 0 Å². The van der Waals surface area contributed by atoms with E-state index in [1.165, 1.54) is 0 Å². The van der Waals surface area contributed by atoms with Crippen LogP contribution in [-0.4, -0.2) is 5.91 Å². The Hall–Kier alpha value is -0.367. The summed E-state index contributed by atoms with van der Waals surface area (Å²) in [7, 11) is 0. The van der Waals surface area contributed by atoms with Gasteiger partial charge >= 0.3 is 21.8 Å². The normalized spacial score (nSPS) is 5.43. The molecule has 0 aromatic carbocycles. The molecule has 3 nitrogen and oxygen atoms in total. The summed E-state index contributed by atoms with van der Waals surface area (Å²) in [5.74, 6) is -0.481. The molecule has 0 aliphatic rings. The summed E-state index contributed by atoms with van der Waals surface area (Å²) in [6.07, 6.45) is 1.06. The third kappa shape index (κ3) is 27.9. The topological polar surface area (TPSA) is 60.2 Å². The molecule has 0 radical (unpaired) electrons. The summed E-state index contributed by atoms with van der Waals surface area (Å²) in [6, 6.07) is 0. The van der Waals surface area contributed by atoms with E-state index in [-0.39, 0.29) is 18.3 Å². The van der Waals surface area contributed by atoms with Crippen molar-refractivity contribution in [3.63, 3.8) is 0 Å². The third-order valence-corrected chi connectivity index (χ3v) is 0.201. The molecule has 0 unspecified atom stereocenters. The number of primary amides is 1. The molecule has 0 atom stereocenters. The fourth-order valence-corrected chi connectivity index (χ4v) is 0. The first-order chi connectivity index (χ1) is 3.27. The maximum atomic E-state index is 9.47. The van der Waals surface area contributed by atoms with Crippen LogP contribution in [0.4, 0.5) is 0 Å². The van der Waals surface area contributed by atoms with E-state index in [0.717, 1.165) is 6.08 Å². The van der Waals surface area contributed by atoms with Crippen molar-refractivity contribution in [2.45, 2.75) is 0 Å². The number of nitrogens with two attached hydrogens (primary N) is 1. The van der Waals surface area contributed by atoms with Crippen molar-refractivity contribution in [3.05, 3.63) is 12.7 Å². The van der Waals surface area contributed by atoms with Gasteiger partial charge in [0.15, 0.2) is 0 Å². The number of rotatable bonds is 1. The van der Waals surface area contributed by atoms with Gasteiger partial charge in [0.05, 0.1) is 0 Å². The second-order valence-corrected chi connectivity index (χ2v) is 0.606. The monoisotopic (exact) mass is 151 g/mol. The van der Waals surface area contributed by atoms with E-state index in [9.17, 15) is 4.79 Å². The SMILES string of the molecule is C=CC(N)=O.[O]=[Zn]. The summed E-state index contributed by atoms with van der Waals surface area (Å²) in [6.45, 7) is 3.09. The Morgan fingerprint density at radius 1 is 1.71 bits per heavy atom. The number of carbonyl (C=O) groups is 1. The zero-order valence-electron chi connectivity index (χ0n) is 3.89. The van der Waals surface area contributed by atoms with Crippen molar-refractivity contribution >= 4 is 5.91 Å². The summed E-state index contributed by atoms with van der Waals surface area (Å²) in [5.41, 5.74) is 4.53. The Labute approximate surface area is 51.5 Å². The van der Waals surface area contributed by atoms with E-state index in [0.29, 0.717) is 0 Å². The molecule has 0 aromatic rings. The van der Waals surface area contributed by atoms with E-state index in [4.69, 9.17) is 3.57 Å². The number of carbonyl (C=O) groups excluding carboxylic acids is 1. The van der Waals surface area contributed by atoms with Gasteiger partial charge in [-0.15, -0.1) is 0 Å². The van der Waals surface area contributed by atoms with Crippen LogP contribution in [0.15, 0.2) is 12.7 Å². The molecule has 0 spiro atoms. The summed E-state index contributed by atoms with van der Waals surface area (Å²) in [5, 5.41) is 0. The fourth-order valence-electron chi connectivity index (χ4n) is 0. The van der Waals surface area contributed by atoms with Crippen LogP contribution in [0.3, 0.4) is 0 Å². The van der Waals surface area contributed by atoms with Gasteiger partial charge in [0.2, 0.25) is 5.91 Å². The van der Waals surface area contributed by atoms with Crippen LogP contribution in [0.1, 0.15) is 0 Å². The predicted molar refractivity (Wildman–Crippen MR) is 20.1 cm³/mol. The van der Waals surface area contributed by atoms with Gasteiger partial charge in [0.25, 0.3) is 0 Å². The Bertz CT molecular complexity index is 73.3. The molecule has 0 heterocycles. The molecule has 0 saturated heterocycles. The summed E-state index contributed by atoms with van der Waals surface area (Å²) < 4.78 is 8.38. The molecular weight excluding hydrogens is 147 g/mol. The average molecular weight is 152 g/mol. The second kappa shape index (κ2) is 9.16. The van der Waals surface area contributed by atoms with Crippen molar-refractivity contribution in [3.8, 4) is 0 Å². The molecule has 36 valence electrons. The van der Waals surface area contributed by atoms with Gasteiger partial charge < -0.3 is 5.73 Å². The second-order valence-electron chi connectivity index (χ2n) is 0.606. The predicted octanol–water partition coefficient (Wildman–Crippen LogP) is -0.464. The molecule has 0 aromatic heterocycles. The molecule has 1 amide bonds. The van der Waals surface area contributed by atoms with Crippen LogP contribution >= 0.6 is 0 Å². The van der Waals surface area contributed by atoms with Crippen LogP contribution in [0, 0.1) is 0 Å². The number of hydrogen-bond acceptors (Lipinski definition) is 2. The van der Waals surface area contributed by atoms with Crippen LogP contribution in [0.2, 0.25) is 0 Å². The van der Waals surface area contributed by atoms with Gasteiger partial charge in [-0.2, -0.15) is 0 Å². The zero-order chi connectivity index (χ0) is 6.28. The van der Waals surface area contributed by atoms with Crippen molar-refractivity contribution in [2.24, 2.45) is 5.73 Å². The molecule has 0 rings (SSSR count). The molecule has 0 saturated carbocycles. The molecular formula is C3H5NO2Zn. The standard InChI is InChI=1S/C3H5NO.O.Zn/c1-2-3(4)5;;/h2H,1H2,(H2,4,5);;. The van der Waals surface area contributed by atoms with Crippen molar-refractivity contribution < 1.29 is 26.6 Å². The molecule has 0 aliphatic heterocycles. The summed E-state index contributed by atoms with van der Waals surface area (Å²) in [4.78, 5) is 9.47. The summed E-state index contributed by atoms with van der Waals surface area (Å²) >= 11 is 0.125. The molecule has 2 N–H and O–H groups in total. The van der Waals surface area contributed by atoms with Gasteiger partial charge in [-0.05, 0) is 6.08 Å². The Balaban J connectivity index is 0. The third-order valence-electron chi connectivity index (χ3n) is 0.201. The Kier molecular flexibility index (Phi) is 12.8. The first kappa shape index (κ1) is 9.81. The van der Waals surface area contributed by atoms with E-state index < -0.39 is 5.91 Å². The first-order valence-electron chi connectivity index (χ1n) is 1.48. The molecule has 0 bridgehead atoms. The van der Waals surface area contributed by atoms with Gasteiger partial charge in [0, 0.05) is 0 Å². The van der Waals surface area contributed by atoms with E-state index >= 15 is 0 Å². The maximum absolute atomic E-state index is 9.47. The van der Waals surface area contributed by atoms with Crippen molar-refractivity contribution in [1.29, 1.82) is 0 Å². The minimum absolute atomic E-state index is 0.125. The molecule has 4 heteroatoms. The quantitative estimate of drug-likeness (QED) is 0.408. The minimum atomic E-state index is -0.481. The van der Waals surface area contributed by atoms with Gasteiger partial charge in [-0.25, -0.2) is 0 Å². The van der Waals surface area contributed by atoms with E-state index in [1.807, 2.05) is 0 Å². The molecule has 7 heavy (non-hydrogen) atoms. The fraction of sp³-hybridized carbons (Fsp3) is 0. The van der Waals surface area contributed by atoms with Gasteiger partial charge in [-0.1, -0.05) is 6.58 Å². The van der Waals surface area contributed by atoms with E-state index in [2.05, 4.69) is 12.3 Å².